The third kappa shape index (κ3) is 3.97. The van der Waals surface area contributed by atoms with Gasteiger partial charge in [-0.1, -0.05) is 18.2 Å². The Morgan fingerprint density at radius 2 is 1.79 bits per heavy atom. The monoisotopic (exact) mass is 399 g/mol. The minimum absolute atomic E-state index is 0.382. The van der Waals surface area contributed by atoms with E-state index in [0.29, 0.717) is 30.2 Å². The van der Waals surface area contributed by atoms with Gasteiger partial charge in [0, 0.05) is 13.0 Å². The second-order valence-electron chi connectivity index (χ2n) is 6.44. The first-order chi connectivity index (χ1) is 14.1. The molecule has 0 saturated heterocycles. The largest absolute Gasteiger partial charge is 0.493 e. The number of amides is 1. The van der Waals surface area contributed by atoms with Gasteiger partial charge in [0.15, 0.2) is 11.5 Å². The van der Waals surface area contributed by atoms with Crippen LogP contribution < -0.4 is 19.9 Å². The van der Waals surface area contributed by atoms with Crippen LogP contribution in [-0.4, -0.2) is 45.3 Å². The van der Waals surface area contributed by atoms with Crippen molar-refractivity contribution in [3.05, 3.63) is 53.1 Å². The number of hydrogen-bond donors (Lipinski definition) is 1. The van der Waals surface area contributed by atoms with E-state index < -0.39 is 6.09 Å². The molecular formula is C21H25N3O5. The SMILES string of the molecule is COC(=O)N1N=C(c2cccc(CN)c2)CC1c1cc(OC)c(OC)c(OC)c1. The van der Waals surface area contributed by atoms with Crippen LogP contribution in [0.2, 0.25) is 0 Å². The predicted octanol–water partition coefficient (Wildman–Crippen LogP) is 3.09. The highest BCUT2D eigenvalue weighted by molar-refractivity contribution is 6.03. The summed E-state index contributed by atoms with van der Waals surface area (Å²) in [5.41, 5.74) is 9.22. The van der Waals surface area contributed by atoms with E-state index in [1.807, 2.05) is 36.4 Å². The summed E-state index contributed by atoms with van der Waals surface area (Å²) in [6.07, 6.45) is -0.0457. The van der Waals surface area contributed by atoms with E-state index in [9.17, 15) is 4.79 Å². The van der Waals surface area contributed by atoms with Crippen molar-refractivity contribution in [3.63, 3.8) is 0 Å². The number of carbonyl (C=O) groups excluding carboxylic acids is 1. The fourth-order valence-corrected chi connectivity index (χ4v) is 3.38. The highest BCUT2D eigenvalue weighted by atomic mass is 16.5. The molecule has 1 aliphatic rings. The Balaban J connectivity index is 2.04. The Bertz CT molecular complexity index is 903. The number of methoxy groups -OCH3 is 4. The van der Waals surface area contributed by atoms with Gasteiger partial charge in [0.1, 0.15) is 0 Å². The topological polar surface area (TPSA) is 95.6 Å². The summed E-state index contributed by atoms with van der Waals surface area (Å²) in [5.74, 6) is 1.49. The maximum absolute atomic E-state index is 12.4. The number of ether oxygens (including phenoxy) is 4. The van der Waals surface area contributed by atoms with E-state index in [0.717, 1.165) is 22.4 Å². The van der Waals surface area contributed by atoms with Crippen LogP contribution in [0.3, 0.4) is 0 Å². The Morgan fingerprint density at radius 3 is 2.34 bits per heavy atom. The van der Waals surface area contributed by atoms with E-state index in [-0.39, 0.29) is 6.04 Å². The van der Waals surface area contributed by atoms with Gasteiger partial charge in [-0.3, -0.25) is 0 Å². The smallest absolute Gasteiger partial charge is 0.430 e. The lowest BCUT2D eigenvalue weighted by atomic mass is 9.97. The molecule has 0 aromatic heterocycles. The van der Waals surface area contributed by atoms with Gasteiger partial charge < -0.3 is 24.7 Å². The molecule has 0 aliphatic carbocycles. The van der Waals surface area contributed by atoms with Crippen molar-refractivity contribution in [2.24, 2.45) is 10.8 Å². The van der Waals surface area contributed by atoms with Gasteiger partial charge in [0.25, 0.3) is 0 Å². The molecule has 0 fully saturated rings. The lowest BCUT2D eigenvalue weighted by molar-refractivity contribution is 0.113. The van der Waals surface area contributed by atoms with Gasteiger partial charge in [0.05, 0.1) is 40.2 Å². The summed E-state index contributed by atoms with van der Waals surface area (Å²) in [4.78, 5) is 12.4. The highest BCUT2D eigenvalue weighted by Gasteiger charge is 2.35. The van der Waals surface area contributed by atoms with Crippen LogP contribution >= 0.6 is 0 Å². The van der Waals surface area contributed by atoms with Crippen LogP contribution in [-0.2, 0) is 11.3 Å². The number of hydrazone groups is 1. The quantitative estimate of drug-likeness (QED) is 0.802. The van der Waals surface area contributed by atoms with Crippen molar-refractivity contribution in [2.75, 3.05) is 28.4 Å². The summed E-state index contributed by atoms with van der Waals surface area (Å²) in [7, 11) is 5.97. The lowest BCUT2D eigenvalue weighted by Gasteiger charge is -2.22. The normalized spacial score (nSPS) is 15.7. The highest BCUT2D eigenvalue weighted by Crippen LogP contribution is 2.43. The zero-order chi connectivity index (χ0) is 21.0. The molecule has 3 rings (SSSR count). The molecule has 2 aromatic rings. The van der Waals surface area contributed by atoms with Gasteiger partial charge in [-0.05, 0) is 34.9 Å². The van der Waals surface area contributed by atoms with Crippen LogP contribution in [0.1, 0.15) is 29.2 Å². The van der Waals surface area contributed by atoms with E-state index in [1.54, 1.807) is 21.3 Å². The number of nitrogens with two attached hydrogens (primary N) is 1. The summed E-state index contributed by atoms with van der Waals surface area (Å²) < 4.78 is 21.2. The van der Waals surface area contributed by atoms with Crippen molar-refractivity contribution in [3.8, 4) is 17.2 Å². The van der Waals surface area contributed by atoms with Gasteiger partial charge in [-0.25, -0.2) is 4.79 Å². The van der Waals surface area contributed by atoms with Gasteiger partial charge in [0.2, 0.25) is 5.75 Å². The van der Waals surface area contributed by atoms with E-state index in [2.05, 4.69) is 5.10 Å². The Morgan fingerprint density at radius 1 is 1.10 bits per heavy atom. The first-order valence-corrected chi connectivity index (χ1v) is 9.10. The fourth-order valence-electron chi connectivity index (χ4n) is 3.38. The number of carbonyl (C=O) groups is 1. The van der Waals surface area contributed by atoms with Crippen molar-refractivity contribution in [2.45, 2.75) is 19.0 Å². The Hall–Kier alpha value is -3.26. The molecule has 2 N–H and O–H groups in total. The van der Waals surface area contributed by atoms with Crippen LogP contribution in [0.15, 0.2) is 41.5 Å². The molecule has 154 valence electrons. The Kier molecular flexibility index (Phi) is 6.23. The standard InChI is InChI=1S/C21H25N3O5/c1-26-18-9-15(10-19(27-2)20(18)28-3)17-11-16(23-24(17)21(25)29-4)14-7-5-6-13(8-14)12-22/h5-10,17H,11-12,22H2,1-4H3. The first-order valence-electron chi connectivity index (χ1n) is 9.10. The molecule has 1 atom stereocenters. The number of rotatable bonds is 6. The average molecular weight is 399 g/mol. The third-order valence-corrected chi connectivity index (χ3v) is 4.84. The molecule has 0 saturated carbocycles. The van der Waals surface area contributed by atoms with Crippen LogP contribution in [0, 0.1) is 0 Å². The molecule has 0 bridgehead atoms. The molecule has 1 aliphatic heterocycles. The second-order valence-corrected chi connectivity index (χ2v) is 6.44. The summed E-state index contributed by atoms with van der Waals surface area (Å²) in [6.45, 7) is 0.429. The minimum Gasteiger partial charge on any atom is -0.493 e. The first kappa shape index (κ1) is 20.5. The maximum Gasteiger partial charge on any atom is 0.430 e. The van der Waals surface area contributed by atoms with Crippen molar-refractivity contribution >= 4 is 11.8 Å². The van der Waals surface area contributed by atoms with Crippen molar-refractivity contribution < 1.29 is 23.7 Å². The van der Waals surface area contributed by atoms with E-state index in [4.69, 9.17) is 24.7 Å². The zero-order valence-electron chi connectivity index (χ0n) is 17.0. The molecule has 1 heterocycles. The van der Waals surface area contributed by atoms with Gasteiger partial charge in [-0.15, -0.1) is 0 Å². The lowest BCUT2D eigenvalue weighted by Crippen LogP contribution is -2.26. The number of nitrogens with zero attached hydrogens (tertiary/aromatic N) is 2. The number of benzene rings is 2. The molecule has 2 aromatic carbocycles. The molecule has 0 radical (unpaired) electrons. The van der Waals surface area contributed by atoms with E-state index in [1.165, 1.54) is 12.1 Å². The van der Waals surface area contributed by atoms with Crippen molar-refractivity contribution in [1.29, 1.82) is 0 Å². The summed E-state index contributed by atoms with van der Waals surface area (Å²) >= 11 is 0. The molecule has 29 heavy (non-hydrogen) atoms. The fraction of sp³-hybridized carbons (Fsp3) is 0.333. The molecular weight excluding hydrogens is 374 g/mol. The molecule has 0 spiro atoms. The predicted molar refractivity (Wildman–Crippen MR) is 109 cm³/mol. The Labute approximate surface area is 169 Å². The molecule has 8 heteroatoms. The van der Waals surface area contributed by atoms with E-state index >= 15 is 0 Å². The van der Waals surface area contributed by atoms with Gasteiger partial charge in [-0.2, -0.15) is 10.1 Å². The van der Waals surface area contributed by atoms with Gasteiger partial charge >= 0.3 is 6.09 Å². The third-order valence-electron chi connectivity index (χ3n) is 4.84. The molecule has 8 nitrogen and oxygen atoms in total. The zero-order valence-corrected chi connectivity index (χ0v) is 17.0. The van der Waals surface area contributed by atoms with Crippen molar-refractivity contribution in [1.82, 2.24) is 5.01 Å². The van der Waals surface area contributed by atoms with Crippen LogP contribution in [0.4, 0.5) is 4.79 Å². The second kappa shape index (κ2) is 8.83. The van der Waals surface area contributed by atoms with Crippen LogP contribution in [0.25, 0.3) is 0 Å². The molecule has 1 amide bonds. The molecule has 1 unspecified atom stereocenters. The number of hydrogen-bond acceptors (Lipinski definition) is 7. The van der Waals surface area contributed by atoms with Crippen LogP contribution in [0.5, 0.6) is 17.2 Å². The summed E-state index contributed by atoms with van der Waals surface area (Å²) in [6, 6.07) is 11.1. The summed E-state index contributed by atoms with van der Waals surface area (Å²) in [5, 5.41) is 5.88. The average Bonchev–Trinajstić information content (AvgIpc) is 3.23. The maximum atomic E-state index is 12.4. The minimum atomic E-state index is -0.547.